The molecule has 0 unspecified atom stereocenters. The number of fused-ring (bicyclic) bond motifs is 11. The van der Waals surface area contributed by atoms with Gasteiger partial charge in [-0.15, -0.1) is 0 Å². The molecule has 0 atom stereocenters. The monoisotopic (exact) mass is 373 g/mol. The number of hydrogen-bond acceptors (Lipinski definition) is 2. The highest BCUT2D eigenvalue weighted by Gasteiger charge is 2.31. The summed E-state index contributed by atoms with van der Waals surface area (Å²) in [6, 6.07) is 25.1. The number of rotatable bonds is 0. The van der Waals surface area contributed by atoms with E-state index in [1.165, 1.54) is 0 Å². The Hall–Kier alpha value is -4.05. The van der Waals surface area contributed by atoms with E-state index in [1.807, 2.05) is 24.3 Å². The van der Waals surface area contributed by atoms with Gasteiger partial charge in [0.15, 0.2) is 0 Å². The molecule has 4 heteroatoms. The van der Waals surface area contributed by atoms with E-state index in [-0.39, 0.29) is 0 Å². The van der Waals surface area contributed by atoms with Crippen LogP contribution in [-0.2, 0) is 0 Å². The summed E-state index contributed by atoms with van der Waals surface area (Å²) in [6.07, 6.45) is 0. The number of H-pyrrole nitrogens is 2. The molecule has 4 aromatic carbocycles. The second-order valence-electron chi connectivity index (χ2n) is 7.61. The number of benzene rings is 4. The molecule has 0 saturated heterocycles. The third-order valence-electron chi connectivity index (χ3n) is 6.21. The third kappa shape index (κ3) is 1.72. The van der Waals surface area contributed by atoms with E-state index in [1.54, 1.807) is 0 Å². The maximum absolute atomic E-state index is 10.2. The third-order valence-corrected chi connectivity index (χ3v) is 6.21. The van der Waals surface area contributed by atoms with Crippen LogP contribution in [0.3, 0.4) is 0 Å². The van der Waals surface area contributed by atoms with E-state index in [9.17, 15) is 5.21 Å². The largest absolute Gasteiger partial charge is 0.410 e. The highest BCUT2D eigenvalue weighted by Crippen LogP contribution is 2.46. The van der Waals surface area contributed by atoms with Crippen molar-refractivity contribution in [3.05, 3.63) is 83.9 Å². The predicted octanol–water partition coefficient (Wildman–Crippen LogP) is 6.16. The van der Waals surface area contributed by atoms with E-state index < -0.39 is 0 Å². The number of nitrogens with zero attached hydrogens (tertiary/aromatic N) is 1. The first kappa shape index (κ1) is 14.9. The molecule has 0 saturated carbocycles. The quantitative estimate of drug-likeness (QED) is 0.216. The van der Waals surface area contributed by atoms with E-state index in [2.05, 4.69) is 63.7 Å². The summed E-state index contributed by atoms with van der Waals surface area (Å²) in [4.78, 5) is 7.00. The Labute approximate surface area is 165 Å². The van der Waals surface area contributed by atoms with Gasteiger partial charge in [-0.25, -0.2) is 0 Å². The zero-order valence-corrected chi connectivity index (χ0v) is 15.3. The molecule has 136 valence electrons. The van der Waals surface area contributed by atoms with Gasteiger partial charge >= 0.3 is 0 Å². The van der Waals surface area contributed by atoms with Crippen LogP contribution in [0.25, 0.3) is 54.7 Å². The molecule has 7 rings (SSSR count). The van der Waals surface area contributed by atoms with Gasteiger partial charge < -0.3 is 15.2 Å². The average molecular weight is 373 g/mol. The Morgan fingerprint density at radius 3 is 1.52 bits per heavy atom. The molecule has 1 aliphatic rings. The Kier molecular flexibility index (Phi) is 2.60. The Balaban J connectivity index is 1.70. The minimum Gasteiger partial charge on any atom is -0.410 e. The molecule has 0 fully saturated rings. The highest BCUT2D eigenvalue weighted by molar-refractivity contribution is 6.37. The number of aromatic amines is 2. The fourth-order valence-corrected chi connectivity index (χ4v) is 5.05. The fourth-order valence-electron chi connectivity index (χ4n) is 5.05. The van der Waals surface area contributed by atoms with Gasteiger partial charge in [0.1, 0.15) is 5.71 Å². The molecule has 0 aliphatic heterocycles. The van der Waals surface area contributed by atoms with Gasteiger partial charge in [0.25, 0.3) is 0 Å². The van der Waals surface area contributed by atoms with E-state index >= 15 is 0 Å². The minimum atomic E-state index is 0.640. The molecule has 0 spiro atoms. The van der Waals surface area contributed by atoms with E-state index in [0.29, 0.717) is 5.71 Å². The van der Waals surface area contributed by atoms with Crippen LogP contribution in [0, 0.1) is 0 Å². The van der Waals surface area contributed by atoms with Crippen LogP contribution in [0.5, 0.6) is 0 Å². The molecular weight excluding hydrogens is 358 g/mol. The van der Waals surface area contributed by atoms with Gasteiger partial charge in [-0.05, 0) is 35.4 Å². The van der Waals surface area contributed by atoms with Crippen molar-refractivity contribution in [2.45, 2.75) is 0 Å². The SMILES string of the molecule is ON=C1c2c(ccc3[nH]c4ccccc4c23)-c2ccc3[nH]c4ccccc4c3c21. The molecule has 29 heavy (non-hydrogen) atoms. The molecule has 0 amide bonds. The summed E-state index contributed by atoms with van der Waals surface area (Å²) < 4.78 is 0. The molecule has 1 aliphatic carbocycles. The first-order valence-electron chi connectivity index (χ1n) is 9.65. The van der Waals surface area contributed by atoms with E-state index in [4.69, 9.17) is 0 Å². The lowest BCUT2D eigenvalue weighted by Gasteiger charge is -2.03. The van der Waals surface area contributed by atoms with Gasteiger partial charge in [0.2, 0.25) is 0 Å². The molecule has 0 radical (unpaired) electrons. The van der Waals surface area contributed by atoms with Crippen LogP contribution in [0.1, 0.15) is 11.1 Å². The van der Waals surface area contributed by atoms with Crippen molar-refractivity contribution in [1.29, 1.82) is 0 Å². The Bertz CT molecular complexity index is 1540. The second kappa shape index (κ2) is 5.06. The van der Waals surface area contributed by atoms with Crippen molar-refractivity contribution in [3.63, 3.8) is 0 Å². The number of nitrogens with one attached hydrogen (secondary N) is 2. The lowest BCUT2D eigenvalue weighted by Crippen LogP contribution is -1.99. The maximum atomic E-state index is 10.2. The predicted molar refractivity (Wildman–Crippen MR) is 118 cm³/mol. The van der Waals surface area contributed by atoms with Crippen LogP contribution < -0.4 is 0 Å². The van der Waals surface area contributed by atoms with Crippen molar-refractivity contribution in [3.8, 4) is 11.1 Å². The zero-order valence-electron chi connectivity index (χ0n) is 15.3. The van der Waals surface area contributed by atoms with Crippen LogP contribution >= 0.6 is 0 Å². The Morgan fingerprint density at radius 2 is 1.03 bits per heavy atom. The highest BCUT2D eigenvalue weighted by atomic mass is 16.4. The number of aromatic nitrogens is 2. The molecule has 2 aromatic heterocycles. The van der Waals surface area contributed by atoms with Crippen molar-refractivity contribution < 1.29 is 5.21 Å². The van der Waals surface area contributed by atoms with Gasteiger partial charge in [-0.2, -0.15) is 0 Å². The number of hydrogen-bond donors (Lipinski definition) is 3. The van der Waals surface area contributed by atoms with Crippen molar-refractivity contribution in [1.82, 2.24) is 9.97 Å². The van der Waals surface area contributed by atoms with Gasteiger partial charge in [-0.3, -0.25) is 0 Å². The first-order chi connectivity index (χ1) is 14.3. The van der Waals surface area contributed by atoms with Gasteiger partial charge in [-0.1, -0.05) is 53.7 Å². The molecule has 4 nitrogen and oxygen atoms in total. The fraction of sp³-hybridized carbons (Fsp3) is 0. The smallest absolute Gasteiger partial charge is 0.119 e. The molecule has 6 aromatic rings. The normalized spacial score (nSPS) is 12.9. The first-order valence-corrected chi connectivity index (χ1v) is 9.65. The van der Waals surface area contributed by atoms with Crippen LogP contribution in [0.15, 0.2) is 78.0 Å². The van der Waals surface area contributed by atoms with Crippen LogP contribution in [0.4, 0.5) is 0 Å². The summed E-state index contributed by atoms with van der Waals surface area (Å²) in [5, 5.41) is 18.5. The summed E-state index contributed by atoms with van der Waals surface area (Å²) in [6.45, 7) is 0. The standard InChI is InChI=1S/C25H15N3O/c29-28-25-23-13(9-11-19-21(23)15-5-1-3-7-17(15)26-19)14-10-12-20-22(24(14)25)16-6-2-4-8-18(16)27-20/h1-12,26-27,29H. The average Bonchev–Trinajstić information content (AvgIpc) is 3.41. The van der Waals surface area contributed by atoms with Crippen molar-refractivity contribution in [2.75, 3.05) is 0 Å². The summed E-state index contributed by atoms with van der Waals surface area (Å²) in [5.74, 6) is 0. The lowest BCUT2D eigenvalue weighted by atomic mass is 10.00. The molecule has 3 N–H and O–H groups in total. The second-order valence-corrected chi connectivity index (χ2v) is 7.61. The zero-order chi connectivity index (χ0) is 19.1. The van der Waals surface area contributed by atoms with Gasteiger partial charge in [0, 0.05) is 54.7 Å². The topological polar surface area (TPSA) is 64.2 Å². The summed E-state index contributed by atoms with van der Waals surface area (Å²) in [7, 11) is 0. The summed E-state index contributed by atoms with van der Waals surface area (Å²) >= 11 is 0. The van der Waals surface area contributed by atoms with Crippen LogP contribution in [0.2, 0.25) is 0 Å². The molecular formula is C25H15N3O. The maximum Gasteiger partial charge on any atom is 0.119 e. The van der Waals surface area contributed by atoms with Crippen molar-refractivity contribution >= 4 is 49.3 Å². The van der Waals surface area contributed by atoms with E-state index in [0.717, 1.165) is 65.9 Å². The minimum absolute atomic E-state index is 0.640. The number of para-hydroxylation sites is 2. The van der Waals surface area contributed by atoms with Gasteiger partial charge in [0.05, 0.1) is 0 Å². The summed E-state index contributed by atoms with van der Waals surface area (Å²) in [5.41, 5.74) is 9.12. The lowest BCUT2D eigenvalue weighted by molar-refractivity contribution is 0.320. The number of oxime groups is 1. The molecule has 0 bridgehead atoms. The Morgan fingerprint density at radius 1 is 0.552 bits per heavy atom. The van der Waals surface area contributed by atoms with Crippen LogP contribution in [-0.4, -0.2) is 20.9 Å². The molecule has 2 heterocycles. The van der Waals surface area contributed by atoms with Crippen molar-refractivity contribution in [2.24, 2.45) is 5.16 Å².